The average Bonchev–Trinajstić information content (AvgIpc) is 2.80. The number of aryl methyl sites for hydroxylation is 1. The van der Waals surface area contributed by atoms with Crippen molar-refractivity contribution in [3.63, 3.8) is 0 Å². The molecular weight excluding hydrogens is 422 g/mol. The molecule has 162 valence electrons. The van der Waals surface area contributed by atoms with Gasteiger partial charge in [-0.3, -0.25) is 14.2 Å². The highest BCUT2D eigenvalue weighted by molar-refractivity contribution is 7.99. The van der Waals surface area contributed by atoms with Crippen molar-refractivity contribution in [3.05, 3.63) is 88.7 Å². The van der Waals surface area contributed by atoms with Crippen LogP contribution in [0.25, 0.3) is 16.6 Å². The van der Waals surface area contributed by atoms with Gasteiger partial charge in [0.15, 0.2) is 5.16 Å². The van der Waals surface area contributed by atoms with Crippen molar-refractivity contribution in [1.29, 1.82) is 0 Å². The number of carbonyl (C=O) groups is 1. The van der Waals surface area contributed by atoms with Crippen molar-refractivity contribution < 1.29 is 9.53 Å². The number of thioether (sulfide) groups is 1. The van der Waals surface area contributed by atoms with Crippen molar-refractivity contribution in [2.45, 2.75) is 19.0 Å². The molecule has 0 atom stereocenters. The van der Waals surface area contributed by atoms with Crippen molar-refractivity contribution in [1.82, 2.24) is 9.55 Å². The van der Waals surface area contributed by atoms with Crippen LogP contribution in [0.3, 0.4) is 0 Å². The van der Waals surface area contributed by atoms with Crippen molar-refractivity contribution in [2.24, 2.45) is 0 Å². The molecule has 0 fully saturated rings. The van der Waals surface area contributed by atoms with Crippen LogP contribution < -0.4 is 15.6 Å². The zero-order chi connectivity index (χ0) is 22.5. The number of aromatic nitrogens is 2. The number of nitrogens with one attached hydrogen (secondary N) is 1. The molecule has 4 aromatic rings. The van der Waals surface area contributed by atoms with E-state index in [1.807, 2.05) is 68.4 Å². The van der Waals surface area contributed by atoms with Gasteiger partial charge < -0.3 is 10.1 Å². The highest BCUT2D eigenvalue weighted by Gasteiger charge is 2.16. The maximum atomic E-state index is 13.3. The van der Waals surface area contributed by atoms with E-state index in [0.29, 0.717) is 28.4 Å². The molecule has 1 N–H and O–H groups in total. The van der Waals surface area contributed by atoms with Gasteiger partial charge in [0.25, 0.3) is 5.56 Å². The Labute approximate surface area is 190 Å². The number of hydrogen-bond donors (Lipinski definition) is 1. The molecule has 0 bridgehead atoms. The van der Waals surface area contributed by atoms with E-state index < -0.39 is 0 Å². The third kappa shape index (κ3) is 4.68. The largest absolute Gasteiger partial charge is 0.494 e. The number of para-hydroxylation sites is 2. The summed E-state index contributed by atoms with van der Waals surface area (Å²) in [4.78, 5) is 30.6. The van der Waals surface area contributed by atoms with Gasteiger partial charge >= 0.3 is 0 Å². The van der Waals surface area contributed by atoms with E-state index in [-0.39, 0.29) is 17.2 Å². The predicted molar refractivity (Wildman–Crippen MR) is 129 cm³/mol. The summed E-state index contributed by atoms with van der Waals surface area (Å²) in [6, 6.07) is 22.1. The Bertz CT molecular complexity index is 1320. The average molecular weight is 446 g/mol. The lowest BCUT2D eigenvalue weighted by molar-refractivity contribution is -0.113. The number of nitrogens with zero attached hydrogens (tertiary/aromatic N) is 2. The van der Waals surface area contributed by atoms with Crippen molar-refractivity contribution >= 4 is 34.3 Å². The Hall–Kier alpha value is -3.58. The first-order valence-electron chi connectivity index (χ1n) is 10.3. The first-order chi connectivity index (χ1) is 15.6. The van der Waals surface area contributed by atoms with Crippen LogP contribution in [0.2, 0.25) is 0 Å². The molecule has 6 nitrogen and oxygen atoms in total. The third-order valence-corrected chi connectivity index (χ3v) is 5.82. The Kier molecular flexibility index (Phi) is 6.56. The summed E-state index contributed by atoms with van der Waals surface area (Å²) < 4.78 is 7.01. The summed E-state index contributed by atoms with van der Waals surface area (Å²) >= 11 is 1.23. The van der Waals surface area contributed by atoms with E-state index in [2.05, 4.69) is 5.32 Å². The fraction of sp³-hybridized carbons (Fsp3) is 0.160. The van der Waals surface area contributed by atoms with Crippen LogP contribution in [0.4, 0.5) is 5.69 Å². The molecule has 0 unspecified atom stereocenters. The summed E-state index contributed by atoms with van der Waals surface area (Å²) in [7, 11) is 0. The predicted octanol–water partition coefficient (Wildman–Crippen LogP) is 4.82. The Balaban J connectivity index is 1.61. The summed E-state index contributed by atoms with van der Waals surface area (Å²) in [5, 5.41) is 3.89. The monoisotopic (exact) mass is 445 g/mol. The summed E-state index contributed by atoms with van der Waals surface area (Å²) in [6.07, 6.45) is 0. The van der Waals surface area contributed by atoms with Crippen LogP contribution >= 0.6 is 11.8 Å². The Morgan fingerprint density at radius 3 is 2.50 bits per heavy atom. The highest BCUT2D eigenvalue weighted by Crippen LogP contribution is 2.23. The van der Waals surface area contributed by atoms with Gasteiger partial charge in [0.2, 0.25) is 5.91 Å². The van der Waals surface area contributed by atoms with Crippen molar-refractivity contribution in [3.8, 4) is 11.4 Å². The minimum absolute atomic E-state index is 0.115. The quantitative estimate of drug-likeness (QED) is 0.326. The molecule has 0 aliphatic rings. The van der Waals surface area contributed by atoms with Gasteiger partial charge in [0.1, 0.15) is 5.75 Å². The molecule has 0 saturated heterocycles. The number of rotatable bonds is 7. The number of amides is 1. The molecule has 1 aromatic heterocycles. The molecule has 32 heavy (non-hydrogen) atoms. The van der Waals surface area contributed by atoms with Gasteiger partial charge in [0.05, 0.1) is 29.0 Å². The third-order valence-electron chi connectivity index (χ3n) is 4.88. The lowest BCUT2D eigenvalue weighted by Crippen LogP contribution is -2.23. The Morgan fingerprint density at radius 2 is 1.75 bits per heavy atom. The van der Waals surface area contributed by atoms with E-state index in [4.69, 9.17) is 9.72 Å². The summed E-state index contributed by atoms with van der Waals surface area (Å²) in [5.41, 5.74) is 2.84. The van der Waals surface area contributed by atoms with Gasteiger partial charge in [-0.1, -0.05) is 42.1 Å². The number of benzene rings is 3. The second kappa shape index (κ2) is 9.70. The van der Waals surface area contributed by atoms with Crippen LogP contribution in [0, 0.1) is 6.92 Å². The summed E-state index contributed by atoms with van der Waals surface area (Å²) in [5.74, 6) is 0.685. The van der Waals surface area contributed by atoms with Crippen LogP contribution in [-0.4, -0.2) is 27.8 Å². The number of fused-ring (bicyclic) bond motifs is 1. The van der Waals surface area contributed by atoms with Gasteiger partial charge in [-0.15, -0.1) is 0 Å². The van der Waals surface area contributed by atoms with E-state index in [0.717, 1.165) is 17.0 Å². The molecule has 3 aromatic carbocycles. The lowest BCUT2D eigenvalue weighted by atomic mass is 10.2. The maximum absolute atomic E-state index is 13.3. The first-order valence-corrected chi connectivity index (χ1v) is 11.3. The maximum Gasteiger partial charge on any atom is 0.266 e. The van der Waals surface area contributed by atoms with E-state index in [1.54, 1.807) is 22.8 Å². The zero-order valence-corrected chi connectivity index (χ0v) is 18.7. The highest BCUT2D eigenvalue weighted by atomic mass is 32.2. The Morgan fingerprint density at radius 1 is 1.03 bits per heavy atom. The first kappa shape index (κ1) is 21.6. The molecule has 0 aliphatic carbocycles. The van der Waals surface area contributed by atoms with Gasteiger partial charge in [-0.25, -0.2) is 4.98 Å². The van der Waals surface area contributed by atoms with Crippen molar-refractivity contribution in [2.75, 3.05) is 17.7 Å². The zero-order valence-electron chi connectivity index (χ0n) is 17.9. The minimum atomic E-state index is -0.182. The minimum Gasteiger partial charge on any atom is -0.494 e. The second-order valence-corrected chi connectivity index (χ2v) is 8.08. The number of anilines is 1. The SMILES string of the molecule is CCOc1ccc(NC(=O)CSc2nc3ccccc3c(=O)n2-c2ccccc2C)cc1. The normalized spacial score (nSPS) is 10.8. The fourth-order valence-corrected chi connectivity index (χ4v) is 4.17. The molecule has 0 spiro atoms. The smallest absolute Gasteiger partial charge is 0.266 e. The lowest BCUT2D eigenvalue weighted by Gasteiger charge is -2.15. The van der Waals surface area contributed by atoms with Crippen LogP contribution in [-0.2, 0) is 4.79 Å². The molecule has 0 radical (unpaired) electrons. The molecule has 0 aliphatic heterocycles. The summed E-state index contributed by atoms with van der Waals surface area (Å²) in [6.45, 7) is 4.46. The number of ether oxygens (including phenoxy) is 1. The molecule has 1 heterocycles. The molecule has 1 amide bonds. The van der Waals surface area contributed by atoms with Crippen LogP contribution in [0.5, 0.6) is 5.75 Å². The fourth-order valence-electron chi connectivity index (χ4n) is 3.36. The number of hydrogen-bond acceptors (Lipinski definition) is 5. The van der Waals surface area contributed by atoms with Gasteiger partial charge in [0, 0.05) is 5.69 Å². The molecule has 0 saturated carbocycles. The standard InChI is InChI=1S/C25H23N3O3S/c1-3-31-19-14-12-18(13-15-19)26-23(29)16-32-25-27-21-10-6-5-9-20(21)24(30)28(25)22-11-7-4-8-17(22)2/h4-15H,3,16H2,1-2H3,(H,26,29). The van der Waals surface area contributed by atoms with E-state index in [1.165, 1.54) is 11.8 Å². The second-order valence-electron chi connectivity index (χ2n) is 7.13. The van der Waals surface area contributed by atoms with E-state index in [9.17, 15) is 9.59 Å². The van der Waals surface area contributed by atoms with Crippen LogP contribution in [0.15, 0.2) is 82.7 Å². The van der Waals surface area contributed by atoms with Crippen LogP contribution in [0.1, 0.15) is 12.5 Å². The van der Waals surface area contributed by atoms with Gasteiger partial charge in [-0.05, 0) is 61.9 Å². The van der Waals surface area contributed by atoms with Gasteiger partial charge in [-0.2, -0.15) is 0 Å². The topological polar surface area (TPSA) is 73.2 Å². The molecule has 4 rings (SSSR count). The van der Waals surface area contributed by atoms with E-state index >= 15 is 0 Å². The number of carbonyl (C=O) groups excluding carboxylic acids is 1. The molecule has 7 heteroatoms. The molecular formula is C25H23N3O3S.